The highest BCUT2D eigenvalue weighted by atomic mass is 79.9. The van der Waals surface area contributed by atoms with Crippen molar-refractivity contribution in [2.45, 2.75) is 0 Å². The molecule has 0 atom stereocenters. The van der Waals surface area contributed by atoms with Crippen molar-refractivity contribution in [3.63, 3.8) is 0 Å². The summed E-state index contributed by atoms with van der Waals surface area (Å²) in [4.78, 5) is 22.5. The number of anilines is 1. The Balaban J connectivity index is 2.91. The summed E-state index contributed by atoms with van der Waals surface area (Å²) in [5.41, 5.74) is -0.334. The summed E-state index contributed by atoms with van der Waals surface area (Å²) in [6.07, 6.45) is 0. The lowest BCUT2D eigenvalue weighted by atomic mass is 10.2. The lowest BCUT2D eigenvalue weighted by molar-refractivity contribution is -0.385. The molecule has 0 aliphatic carbocycles. The standard InChI is InChI=1S/C10H11BrFN3O3/c1-14(2)9(16)5-13-10-7(11)3-6(15(17)18)4-8(10)12/h3-4,13H,5H2,1-2H3. The summed E-state index contributed by atoms with van der Waals surface area (Å²) < 4.78 is 13.8. The molecule has 18 heavy (non-hydrogen) atoms. The molecule has 0 heterocycles. The van der Waals surface area contributed by atoms with Crippen molar-refractivity contribution in [2.75, 3.05) is 26.0 Å². The number of hydrogen-bond donors (Lipinski definition) is 1. The monoisotopic (exact) mass is 319 g/mol. The van der Waals surface area contributed by atoms with Crippen LogP contribution >= 0.6 is 15.9 Å². The third-order valence-electron chi connectivity index (χ3n) is 2.15. The fourth-order valence-corrected chi connectivity index (χ4v) is 1.72. The minimum absolute atomic E-state index is 0.0239. The van der Waals surface area contributed by atoms with Crippen molar-refractivity contribution in [3.8, 4) is 0 Å². The van der Waals surface area contributed by atoms with Crippen LogP contribution in [0.15, 0.2) is 16.6 Å². The Labute approximate surface area is 111 Å². The molecule has 0 saturated heterocycles. The van der Waals surface area contributed by atoms with E-state index >= 15 is 0 Å². The number of nitro groups is 1. The number of nitro benzene ring substituents is 1. The van der Waals surface area contributed by atoms with Crippen LogP contribution in [0.2, 0.25) is 0 Å². The molecule has 1 aromatic rings. The van der Waals surface area contributed by atoms with E-state index in [-0.39, 0.29) is 28.3 Å². The van der Waals surface area contributed by atoms with Crippen LogP contribution in [0.5, 0.6) is 0 Å². The highest BCUT2D eigenvalue weighted by Gasteiger charge is 2.16. The molecule has 0 spiro atoms. The second kappa shape index (κ2) is 5.76. The lowest BCUT2D eigenvalue weighted by Crippen LogP contribution is -2.28. The van der Waals surface area contributed by atoms with Gasteiger partial charge in [-0.05, 0) is 15.9 Å². The van der Waals surface area contributed by atoms with Crippen LogP contribution in [-0.2, 0) is 4.79 Å². The van der Waals surface area contributed by atoms with Gasteiger partial charge in [-0.2, -0.15) is 0 Å². The third kappa shape index (κ3) is 3.39. The maximum atomic E-state index is 13.6. The number of benzene rings is 1. The first-order chi connectivity index (χ1) is 8.32. The van der Waals surface area contributed by atoms with Crippen molar-refractivity contribution in [3.05, 3.63) is 32.5 Å². The number of halogens is 2. The second-order valence-corrected chi connectivity index (χ2v) is 4.54. The summed E-state index contributed by atoms with van der Waals surface area (Å²) in [5.74, 6) is -1.03. The Morgan fingerprint density at radius 1 is 1.56 bits per heavy atom. The molecule has 1 aromatic carbocycles. The van der Waals surface area contributed by atoms with Crippen molar-refractivity contribution in [1.82, 2.24) is 4.90 Å². The average Bonchev–Trinajstić information content (AvgIpc) is 2.26. The zero-order valence-corrected chi connectivity index (χ0v) is 11.3. The van der Waals surface area contributed by atoms with Gasteiger partial charge in [0.25, 0.3) is 5.69 Å². The van der Waals surface area contributed by atoms with Gasteiger partial charge in [0, 0.05) is 20.2 Å². The minimum Gasteiger partial charge on any atom is -0.373 e. The highest BCUT2D eigenvalue weighted by molar-refractivity contribution is 9.10. The van der Waals surface area contributed by atoms with Gasteiger partial charge in [0.15, 0.2) is 5.82 Å². The number of likely N-dealkylation sites (N-methyl/N-ethyl adjacent to an activating group) is 1. The summed E-state index contributed by atoms with van der Waals surface area (Å²) in [7, 11) is 3.15. The molecule has 1 rings (SSSR count). The fourth-order valence-electron chi connectivity index (χ4n) is 1.16. The third-order valence-corrected chi connectivity index (χ3v) is 2.78. The summed E-state index contributed by atoms with van der Waals surface area (Å²) in [6, 6.07) is 1.97. The normalized spacial score (nSPS) is 10.0. The van der Waals surface area contributed by atoms with Crippen LogP contribution in [0.3, 0.4) is 0 Å². The van der Waals surface area contributed by atoms with Crippen LogP contribution in [0.25, 0.3) is 0 Å². The summed E-state index contributed by atoms with van der Waals surface area (Å²) >= 11 is 3.02. The number of carbonyl (C=O) groups excluding carboxylic acids is 1. The van der Waals surface area contributed by atoms with Crippen LogP contribution < -0.4 is 5.32 Å². The summed E-state index contributed by atoms with van der Waals surface area (Å²) in [6.45, 7) is -0.0969. The van der Waals surface area contributed by atoms with E-state index in [1.807, 2.05) is 0 Å². The number of rotatable bonds is 4. The van der Waals surface area contributed by atoms with Gasteiger partial charge in [-0.15, -0.1) is 0 Å². The predicted octanol–water partition coefficient (Wildman–Crippen LogP) is 2.00. The van der Waals surface area contributed by atoms with Crippen molar-refractivity contribution >= 4 is 33.2 Å². The fraction of sp³-hybridized carbons (Fsp3) is 0.300. The van der Waals surface area contributed by atoms with Crippen molar-refractivity contribution in [2.24, 2.45) is 0 Å². The van der Waals surface area contributed by atoms with E-state index in [1.54, 1.807) is 14.1 Å². The summed E-state index contributed by atoms with van der Waals surface area (Å²) in [5, 5.41) is 13.1. The molecule has 0 aliphatic rings. The van der Waals surface area contributed by atoms with Gasteiger partial charge in [-0.1, -0.05) is 0 Å². The number of amides is 1. The minimum atomic E-state index is -0.789. The van der Waals surface area contributed by atoms with Gasteiger partial charge >= 0.3 is 0 Å². The van der Waals surface area contributed by atoms with Crippen molar-refractivity contribution < 1.29 is 14.1 Å². The lowest BCUT2D eigenvalue weighted by Gasteiger charge is -2.13. The maximum Gasteiger partial charge on any atom is 0.273 e. The molecule has 0 aliphatic heterocycles. The largest absolute Gasteiger partial charge is 0.373 e. The van der Waals surface area contributed by atoms with Gasteiger partial charge < -0.3 is 10.2 Å². The predicted molar refractivity (Wildman–Crippen MR) is 67.9 cm³/mol. The number of carbonyl (C=O) groups is 1. The van der Waals surface area contributed by atoms with E-state index in [4.69, 9.17) is 0 Å². The van der Waals surface area contributed by atoms with Gasteiger partial charge in [0.1, 0.15) is 0 Å². The zero-order valence-electron chi connectivity index (χ0n) is 9.74. The zero-order chi connectivity index (χ0) is 13.9. The molecular weight excluding hydrogens is 309 g/mol. The van der Waals surface area contributed by atoms with Crippen LogP contribution in [0, 0.1) is 15.9 Å². The van der Waals surface area contributed by atoms with Crippen molar-refractivity contribution in [1.29, 1.82) is 0 Å². The number of non-ortho nitro benzene ring substituents is 1. The van der Waals surface area contributed by atoms with Crippen LogP contribution in [0.1, 0.15) is 0 Å². The molecule has 0 unspecified atom stereocenters. The molecule has 0 fully saturated rings. The second-order valence-electron chi connectivity index (χ2n) is 3.68. The van der Waals surface area contributed by atoms with E-state index < -0.39 is 10.7 Å². The molecule has 98 valence electrons. The molecule has 1 N–H and O–H groups in total. The van der Waals surface area contributed by atoms with E-state index in [0.29, 0.717) is 0 Å². The maximum absolute atomic E-state index is 13.6. The first kappa shape index (κ1) is 14.4. The van der Waals surface area contributed by atoms with Crippen LogP contribution in [0.4, 0.5) is 15.8 Å². The van der Waals surface area contributed by atoms with Gasteiger partial charge in [-0.25, -0.2) is 4.39 Å². The van der Waals surface area contributed by atoms with Gasteiger partial charge in [0.2, 0.25) is 5.91 Å². The van der Waals surface area contributed by atoms with E-state index in [0.717, 1.165) is 6.07 Å². The van der Waals surface area contributed by atoms with Gasteiger partial charge in [0.05, 0.1) is 27.7 Å². The molecule has 1 amide bonds. The van der Waals surface area contributed by atoms with Crippen LogP contribution in [-0.4, -0.2) is 36.4 Å². The highest BCUT2D eigenvalue weighted by Crippen LogP contribution is 2.30. The number of nitrogens with one attached hydrogen (secondary N) is 1. The molecule has 0 bridgehead atoms. The van der Waals surface area contributed by atoms with E-state index in [2.05, 4.69) is 21.2 Å². The Bertz CT molecular complexity index is 470. The van der Waals surface area contributed by atoms with Gasteiger partial charge in [-0.3, -0.25) is 14.9 Å². The quantitative estimate of drug-likeness (QED) is 0.680. The Hall–Kier alpha value is -1.70. The Kier molecular flexibility index (Phi) is 4.60. The smallest absolute Gasteiger partial charge is 0.273 e. The first-order valence-electron chi connectivity index (χ1n) is 4.90. The van der Waals surface area contributed by atoms with E-state index in [1.165, 1.54) is 11.0 Å². The average molecular weight is 320 g/mol. The first-order valence-corrected chi connectivity index (χ1v) is 5.69. The molecule has 0 saturated carbocycles. The molecule has 8 heteroatoms. The topological polar surface area (TPSA) is 75.5 Å². The molecule has 6 nitrogen and oxygen atoms in total. The Morgan fingerprint density at radius 2 is 2.17 bits per heavy atom. The SMILES string of the molecule is CN(C)C(=O)CNc1c(F)cc([N+](=O)[O-])cc1Br. The molecule has 0 radical (unpaired) electrons. The number of nitrogens with zero attached hydrogens (tertiary/aromatic N) is 2. The Morgan fingerprint density at radius 3 is 2.61 bits per heavy atom. The molecule has 0 aromatic heterocycles. The number of hydrogen-bond acceptors (Lipinski definition) is 4. The molecular formula is C10H11BrFN3O3. The van der Waals surface area contributed by atoms with E-state index in [9.17, 15) is 19.3 Å².